The van der Waals surface area contributed by atoms with Crippen molar-refractivity contribution in [3.05, 3.63) is 28.2 Å². The summed E-state index contributed by atoms with van der Waals surface area (Å²) in [5.74, 6) is -0.348. The summed E-state index contributed by atoms with van der Waals surface area (Å²) in [6, 6.07) is 1.07. The lowest BCUT2D eigenvalue weighted by molar-refractivity contribution is 0.557. The van der Waals surface area contributed by atoms with E-state index in [4.69, 9.17) is 5.73 Å². The van der Waals surface area contributed by atoms with Gasteiger partial charge in [-0.15, -0.1) is 0 Å². The highest BCUT2D eigenvalue weighted by Gasteiger charge is 2.10. The topological polar surface area (TPSA) is 38.9 Å². The van der Waals surface area contributed by atoms with Crippen molar-refractivity contribution in [3.8, 4) is 0 Å². The molecule has 0 saturated heterocycles. The third kappa shape index (κ3) is 2.01. The Morgan fingerprint density at radius 3 is 2.92 bits per heavy atom. The molecule has 66 valence electrons. The highest BCUT2D eigenvalue weighted by molar-refractivity contribution is 9.10. The molecule has 0 fully saturated rings. The van der Waals surface area contributed by atoms with Crippen LogP contribution in [0.1, 0.15) is 25.1 Å². The molecule has 0 spiro atoms. The zero-order valence-corrected chi connectivity index (χ0v) is 8.31. The summed E-state index contributed by atoms with van der Waals surface area (Å²) in [5, 5.41) is 0. The molecule has 0 aliphatic carbocycles. The highest BCUT2D eigenvalue weighted by Crippen LogP contribution is 2.18. The summed E-state index contributed by atoms with van der Waals surface area (Å²) in [5.41, 5.74) is 5.96. The molecule has 0 amide bonds. The second-order valence-corrected chi connectivity index (χ2v) is 3.45. The normalized spacial score (nSPS) is 13.0. The summed E-state index contributed by atoms with van der Waals surface area (Å²) in [4.78, 5) is 3.90. The van der Waals surface area contributed by atoms with Gasteiger partial charge < -0.3 is 5.73 Å². The number of halogens is 2. The first kappa shape index (κ1) is 9.61. The van der Waals surface area contributed by atoms with Crippen LogP contribution >= 0.6 is 15.9 Å². The van der Waals surface area contributed by atoms with Crippen LogP contribution in [0.5, 0.6) is 0 Å². The average molecular weight is 233 g/mol. The fourth-order valence-electron chi connectivity index (χ4n) is 0.891. The van der Waals surface area contributed by atoms with Crippen LogP contribution in [-0.4, -0.2) is 4.98 Å². The molecular formula is C8H10BrFN2. The Labute approximate surface area is 79.1 Å². The van der Waals surface area contributed by atoms with E-state index in [0.29, 0.717) is 16.6 Å². The van der Waals surface area contributed by atoms with Crippen LogP contribution in [0, 0.1) is 5.82 Å². The van der Waals surface area contributed by atoms with E-state index in [1.54, 1.807) is 6.20 Å². The van der Waals surface area contributed by atoms with Crippen molar-refractivity contribution in [2.45, 2.75) is 19.4 Å². The second kappa shape index (κ2) is 3.96. The van der Waals surface area contributed by atoms with Gasteiger partial charge in [-0.25, -0.2) is 4.39 Å². The molecule has 1 aromatic heterocycles. The molecule has 1 rings (SSSR count). The van der Waals surface area contributed by atoms with Crippen LogP contribution in [0.2, 0.25) is 0 Å². The Kier molecular flexibility index (Phi) is 3.17. The molecule has 0 saturated carbocycles. The molecule has 0 bridgehead atoms. The first-order chi connectivity index (χ1) is 5.65. The van der Waals surface area contributed by atoms with Gasteiger partial charge in [-0.2, -0.15) is 0 Å². The van der Waals surface area contributed by atoms with Crippen molar-refractivity contribution < 1.29 is 4.39 Å². The molecule has 0 aliphatic heterocycles. The summed E-state index contributed by atoms with van der Waals surface area (Å²) in [6.07, 6.45) is 2.24. The number of rotatable bonds is 2. The molecule has 1 heterocycles. The molecule has 12 heavy (non-hydrogen) atoms. The highest BCUT2D eigenvalue weighted by atomic mass is 79.9. The van der Waals surface area contributed by atoms with Gasteiger partial charge in [0.15, 0.2) is 0 Å². The predicted octanol–water partition coefficient (Wildman–Crippen LogP) is 2.39. The molecule has 0 aliphatic rings. The van der Waals surface area contributed by atoms with Gasteiger partial charge in [0.2, 0.25) is 0 Å². The van der Waals surface area contributed by atoms with Gasteiger partial charge in [-0.1, -0.05) is 6.92 Å². The maximum absolute atomic E-state index is 13.1. The van der Waals surface area contributed by atoms with Crippen LogP contribution in [0.4, 0.5) is 4.39 Å². The average Bonchev–Trinajstić information content (AvgIpc) is 2.03. The predicted molar refractivity (Wildman–Crippen MR) is 49.1 cm³/mol. The minimum Gasteiger partial charge on any atom is -0.323 e. The largest absolute Gasteiger partial charge is 0.323 e. The lowest BCUT2D eigenvalue weighted by Gasteiger charge is -2.08. The van der Waals surface area contributed by atoms with Crippen molar-refractivity contribution in [2.75, 3.05) is 0 Å². The van der Waals surface area contributed by atoms with Gasteiger partial charge in [0.1, 0.15) is 5.82 Å². The Balaban J connectivity index is 3.01. The summed E-state index contributed by atoms with van der Waals surface area (Å²) < 4.78 is 13.7. The third-order valence-electron chi connectivity index (χ3n) is 1.63. The SMILES string of the molecule is CC[C@@H](N)c1ncc(Br)cc1F. The first-order valence-electron chi connectivity index (χ1n) is 3.71. The van der Waals surface area contributed by atoms with Crippen LogP contribution in [0.25, 0.3) is 0 Å². The van der Waals surface area contributed by atoms with Gasteiger partial charge in [0.05, 0.1) is 5.69 Å². The summed E-state index contributed by atoms with van der Waals surface area (Å²) >= 11 is 3.12. The van der Waals surface area contributed by atoms with Crippen LogP contribution in [-0.2, 0) is 0 Å². The van der Waals surface area contributed by atoms with E-state index in [-0.39, 0.29) is 11.9 Å². The molecule has 0 unspecified atom stereocenters. The van der Waals surface area contributed by atoms with Crippen LogP contribution in [0.15, 0.2) is 16.7 Å². The van der Waals surface area contributed by atoms with Crippen molar-refractivity contribution >= 4 is 15.9 Å². The Hall–Kier alpha value is -0.480. The van der Waals surface area contributed by atoms with E-state index in [1.807, 2.05) is 6.92 Å². The fraction of sp³-hybridized carbons (Fsp3) is 0.375. The Morgan fingerprint density at radius 2 is 2.42 bits per heavy atom. The van der Waals surface area contributed by atoms with Gasteiger partial charge in [-0.05, 0) is 28.4 Å². The Morgan fingerprint density at radius 1 is 1.75 bits per heavy atom. The van der Waals surface area contributed by atoms with Gasteiger partial charge >= 0.3 is 0 Å². The Bertz CT molecular complexity index is 278. The summed E-state index contributed by atoms with van der Waals surface area (Å²) in [7, 11) is 0. The summed E-state index contributed by atoms with van der Waals surface area (Å²) in [6.45, 7) is 1.90. The standard InChI is InChI=1S/C8H10BrFN2/c1-2-7(11)8-6(10)3-5(9)4-12-8/h3-4,7H,2,11H2,1H3/t7-/m1/s1. The fourth-order valence-corrected chi connectivity index (χ4v) is 1.19. The van der Waals surface area contributed by atoms with Crippen LogP contribution < -0.4 is 5.73 Å². The quantitative estimate of drug-likeness (QED) is 0.851. The van der Waals surface area contributed by atoms with Crippen molar-refractivity contribution in [1.82, 2.24) is 4.98 Å². The third-order valence-corrected chi connectivity index (χ3v) is 2.06. The number of hydrogen-bond acceptors (Lipinski definition) is 2. The number of nitrogens with zero attached hydrogens (tertiary/aromatic N) is 1. The van der Waals surface area contributed by atoms with Gasteiger partial charge in [0, 0.05) is 16.7 Å². The molecule has 2 nitrogen and oxygen atoms in total. The number of hydrogen-bond donors (Lipinski definition) is 1. The van der Waals surface area contributed by atoms with Crippen LogP contribution in [0.3, 0.4) is 0 Å². The lowest BCUT2D eigenvalue weighted by atomic mass is 10.1. The second-order valence-electron chi connectivity index (χ2n) is 2.54. The van der Waals surface area contributed by atoms with E-state index in [1.165, 1.54) is 6.07 Å². The maximum atomic E-state index is 13.1. The van der Waals surface area contributed by atoms with E-state index in [0.717, 1.165) is 0 Å². The van der Waals surface area contributed by atoms with Crippen molar-refractivity contribution in [1.29, 1.82) is 0 Å². The number of pyridine rings is 1. The molecular weight excluding hydrogens is 223 g/mol. The molecule has 1 aromatic rings. The number of aromatic nitrogens is 1. The minimum atomic E-state index is -0.348. The lowest BCUT2D eigenvalue weighted by Crippen LogP contribution is -2.12. The van der Waals surface area contributed by atoms with Crippen molar-refractivity contribution in [2.24, 2.45) is 5.73 Å². The zero-order chi connectivity index (χ0) is 9.14. The first-order valence-corrected chi connectivity index (χ1v) is 4.51. The number of nitrogens with two attached hydrogens (primary N) is 1. The molecule has 1 atom stereocenters. The molecule has 0 aromatic carbocycles. The maximum Gasteiger partial charge on any atom is 0.147 e. The van der Waals surface area contributed by atoms with Gasteiger partial charge in [0.25, 0.3) is 0 Å². The minimum absolute atomic E-state index is 0.307. The van der Waals surface area contributed by atoms with E-state index in [9.17, 15) is 4.39 Å². The van der Waals surface area contributed by atoms with Gasteiger partial charge in [-0.3, -0.25) is 4.98 Å². The van der Waals surface area contributed by atoms with Crippen molar-refractivity contribution in [3.63, 3.8) is 0 Å². The molecule has 4 heteroatoms. The van der Waals surface area contributed by atoms with E-state index in [2.05, 4.69) is 20.9 Å². The van der Waals surface area contributed by atoms with E-state index >= 15 is 0 Å². The molecule has 2 N–H and O–H groups in total. The zero-order valence-electron chi connectivity index (χ0n) is 6.72. The van der Waals surface area contributed by atoms with E-state index < -0.39 is 0 Å². The smallest absolute Gasteiger partial charge is 0.147 e. The molecule has 0 radical (unpaired) electrons. The monoisotopic (exact) mass is 232 g/mol.